The summed E-state index contributed by atoms with van der Waals surface area (Å²) in [6.07, 6.45) is 0.903. The fourth-order valence-corrected chi connectivity index (χ4v) is 3.08. The Morgan fingerprint density at radius 2 is 1.80 bits per heavy atom. The van der Waals surface area contributed by atoms with Crippen LogP contribution >= 0.6 is 0 Å². The molecule has 0 radical (unpaired) electrons. The molecule has 1 aliphatic rings. The number of carbonyl (C=O) groups is 2. The number of nitrogens with zero attached hydrogens (tertiary/aromatic N) is 2. The number of fused-ring (bicyclic) bond motifs is 1. The number of carbonyl (C=O) groups excluding carboxylic acids is 2. The summed E-state index contributed by atoms with van der Waals surface area (Å²) in [5.41, 5.74) is 3.92. The molecule has 3 rings (SSSR count). The summed E-state index contributed by atoms with van der Waals surface area (Å²) in [7, 11) is 1.74. The van der Waals surface area contributed by atoms with Crippen LogP contribution in [0.15, 0.2) is 48.5 Å². The third kappa shape index (κ3) is 3.50. The summed E-state index contributed by atoms with van der Waals surface area (Å²) in [6.45, 7) is 4.13. The Morgan fingerprint density at radius 3 is 2.48 bits per heavy atom. The van der Waals surface area contributed by atoms with Crippen LogP contribution in [0, 0.1) is 0 Å². The molecule has 2 aromatic carbocycles. The van der Waals surface area contributed by atoms with E-state index in [1.54, 1.807) is 11.9 Å². The van der Waals surface area contributed by atoms with Crippen LogP contribution in [0.2, 0.25) is 0 Å². The highest BCUT2D eigenvalue weighted by molar-refractivity contribution is 6.00. The number of amides is 2. The Morgan fingerprint density at radius 1 is 1.12 bits per heavy atom. The van der Waals surface area contributed by atoms with Gasteiger partial charge in [0.15, 0.2) is 0 Å². The fourth-order valence-electron chi connectivity index (χ4n) is 3.08. The van der Waals surface area contributed by atoms with E-state index in [1.165, 1.54) is 12.5 Å². The molecule has 2 aromatic rings. The lowest BCUT2D eigenvalue weighted by atomic mass is 10.2. The molecule has 5 heteroatoms. The molecule has 2 amide bonds. The first-order valence-corrected chi connectivity index (χ1v) is 8.47. The quantitative estimate of drug-likeness (QED) is 0.933. The van der Waals surface area contributed by atoms with E-state index in [2.05, 4.69) is 11.4 Å². The monoisotopic (exact) mass is 337 g/mol. The Balaban J connectivity index is 1.67. The first-order valence-electron chi connectivity index (χ1n) is 8.47. The molecule has 5 nitrogen and oxygen atoms in total. The van der Waals surface area contributed by atoms with Crippen LogP contribution in [0.25, 0.3) is 0 Å². The predicted octanol–water partition coefficient (Wildman–Crippen LogP) is 3.06. The van der Waals surface area contributed by atoms with Crippen LogP contribution in [0.1, 0.15) is 19.4 Å². The van der Waals surface area contributed by atoms with Crippen molar-refractivity contribution in [2.24, 2.45) is 0 Å². The highest BCUT2D eigenvalue weighted by Gasteiger charge is 2.27. The average Bonchev–Trinajstić information content (AvgIpc) is 3.05. The molecule has 130 valence electrons. The van der Waals surface area contributed by atoms with Crippen LogP contribution in [0.3, 0.4) is 0 Å². The SMILES string of the molecule is CC(=O)N(C)c1ccc(NC(C)C(=O)N2CCc3ccccc32)cc1. The van der Waals surface area contributed by atoms with Gasteiger partial charge in [0, 0.05) is 37.6 Å². The minimum atomic E-state index is -0.331. The lowest BCUT2D eigenvalue weighted by Gasteiger charge is -2.23. The summed E-state index contributed by atoms with van der Waals surface area (Å²) in [5.74, 6) is 0.0480. The highest BCUT2D eigenvalue weighted by Crippen LogP contribution is 2.28. The summed E-state index contributed by atoms with van der Waals surface area (Å²) in [6, 6.07) is 15.2. The maximum atomic E-state index is 12.8. The fraction of sp³-hybridized carbons (Fsp3) is 0.300. The van der Waals surface area contributed by atoms with Gasteiger partial charge in [0.2, 0.25) is 11.8 Å². The number of anilines is 3. The first-order chi connectivity index (χ1) is 12.0. The maximum absolute atomic E-state index is 12.8. The number of rotatable bonds is 4. The summed E-state index contributed by atoms with van der Waals surface area (Å²) in [5, 5.41) is 3.25. The molecule has 1 aliphatic heterocycles. The second kappa shape index (κ2) is 6.97. The minimum Gasteiger partial charge on any atom is -0.374 e. The topological polar surface area (TPSA) is 52.7 Å². The third-order valence-corrected chi connectivity index (χ3v) is 4.63. The van der Waals surface area contributed by atoms with E-state index in [9.17, 15) is 9.59 Å². The summed E-state index contributed by atoms with van der Waals surface area (Å²) in [4.78, 5) is 27.6. The molecule has 1 atom stereocenters. The highest BCUT2D eigenvalue weighted by atomic mass is 16.2. The summed E-state index contributed by atoms with van der Waals surface area (Å²) < 4.78 is 0. The standard InChI is InChI=1S/C20H23N3O2/c1-14(20(25)23-13-12-16-6-4-5-7-19(16)23)21-17-8-10-18(11-9-17)22(3)15(2)24/h4-11,14,21H,12-13H2,1-3H3. The van der Waals surface area contributed by atoms with Gasteiger partial charge in [-0.25, -0.2) is 0 Å². The van der Waals surface area contributed by atoms with E-state index in [1.807, 2.05) is 54.3 Å². The van der Waals surface area contributed by atoms with Crippen molar-refractivity contribution in [3.05, 3.63) is 54.1 Å². The lowest BCUT2D eigenvalue weighted by molar-refractivity contribution is -0.119. The van der Waals surface area contributed by atoms with Crippen molar-refractivity contribution >= 4 is 28.9 Å². The van der Waals surface area contributed by atoms with Crippen molar-refractivity contribution < 1.29 is 9.59 Å². The van der Waals surface area contributed by atoms with Gasteiger partial charge in [0.25, 0.3) is 0 Å². The zero-order valence-electron chi connectivity index (χ0n) is 14.8. The van der Waals surface area contributed by atoms with E-state index in [-0.39, 0.29) is 17.9 Å². The Bertz CT molecular complexity index is 786. The van der Waals surface area contributed by atoms with Gasteiger partial charge in [-0.1, -0.05) is 18.2 Å². The van der Waals surface area contributed by atoms with Crippen molar-refractivity contribution in [2.45, 2.75) is 26.3 Å². The molecule has 0 fully saturated rings. The number of nitrogens with one attached hydrogen (secondary N) is 1. The van der Waals surface area contributed by atoms with E-state index in [0.717, 1.165) is 30.0 Å². The Labute approximate surface area is 148 Å². The van der Waals surface area contributed by atoms with Gasteiger partial charge in [-0.3, -0.25) is 9.59 Å². The van der Waals surface area contributed by atoms with Crippen molar-refractivity contribution in [1.82, 2.24) is 0 Å². The van der Waals surface area contributed by atoms with Crippen molar-refractivity contribution in [3.63, 3.8) is 0 Å². The zero-order chi connectivity index (χ0) is 18.0. The van der Waals surface area contributed by atoms with Gasteiger partial charge < -0.3 is 15.1 Å². The number of para-hydroxylation sites is 1. The van der Waals surface area contributed by atoms with Gasteiger partial charge in [-0.2, -0.15) is 0 Å². The minimum absolute atomic E-state index is 0.0167. The molecular weight excluding hydrogens is 314 g/mol. The largest absolute Gasteiger partial charge is 0.374 e. The van der Waals surface area contributed by atoms with Gasteiger partial charge in [0.05, 0.1) is 0 Å². The molecule has 1 N–H and O–H groups in total. The molecule has 0 saturated carbocycles. The molecule has 1 unspecified atom stereocenters. The molecule has 1 heterocycles. The second-order valence-corrected chi connectivity index (χ2v) is 6.36. The van der Waals surface area contributed by atoms with E-state index < -0.39 is 0 Å². The number of hydrogen-bond donors (Lipinski definition) is 1. The van der Waals surface area contributed by atoms with Crippen LogP contribution in [0.5, 0.6) is 0 Å². The number of benzene rings is 2. The molecular formula is C20H23N3O2. The van der Waals surface area contributed by atoms with Gasteiger partial charge in [-0.15, -0.1) is 0 Å². The van der Waals surface area contributed by atoms with Crippen LogP contribution < -0.4 is 15.1 Å². The summed E-state index contributed by atoms with van der Waals surface area (Å²) >= 11 is 0. The second-order valence-electron chi connectivity index (χ2n) is 6.36. The smallest absolute Gasteiger partial charge is 0.249 e. The van der Waals surface area contributed by atoms with E-state index >= 15 is 0 Å². The van der Waals surface area contributed by atoms with Gasteiger partial charge >= 0.3 is 0 Å². The van der Waals surface area contributed by atoms with Crippen molar-refractivity contribution in [2.75, 3.05) is 28.7 Å². The molecule has 0 aromatic heterocycles. The third-order valence-electron chi connectivity index (χ3n) is 4.63. The molecule has 0 bridgehead atoms. The first kappa shape index (κ1) is 17.0. The van der Waals surface area contributed by atoms with Crippen LogP contribution in [-0.4, -0.2) is 31.4 Å². The normalized spacial score (nSPS) is 14.0. The number of hydrogen-bond acceptors (Lipinski definition) is 3. The predicted molar refractivity (Wildman–Crippen MR) is 101 cm³/mol. The Hall–Kier alpha value is -2.82. The van der Waals surface area contributed by atoms with E-state index in [0.29, 0.717) is 0 Å². The van der Waals surface area contributed by atoms with Gasteiger partial charge in [0.1, 0.15) is 6.04 Å². The molecule has 0 spiro atoms. The van der Waals surface area contributed by atoms with Crippen LogP contribution in [-0.2, 0) is 16.0 Å². The Kier molecular flexibility index (Phi) is 4.74. The van der Waals surface area contributed by atoms with Crippen LogP contribution in [0.4, 0.5) is 17.1 Å². The van der Waals surface area contributed by atoms with Gasteiger partial charge in [-0.05, 0) is 49.2 Å². The maximum Gasteiger partial charge on any atom is 0.249 e. The average molecular weight is 337 g/mol. The van der Waals surface area contributed by atoms with Crippen molar-refractivity contribution in [1.29, 1.82) is 0 Å². The zero-order valence-corrected chi connectivity index (χ0v) is 14.8. The van der Waals surface area contributed by atoms with E-state index in [4.69, 9.17) is 0 Å². The lowest BCUT2D eigenvalue weighted by Crippen LogP contribution is -2.40. The molecule has 0 saturated heterocycles. The molecule has 0 aliphatic carbocycles. The van der Waals surface area contributed by atoms with Crippen molar-refractivity contribution in [3.8, 4) is 0 Å². The molecule has 25 heavy (non-hydrogen) atoms.